The smallest absolute Gasteiger partial charge is 0.459 e. The molecule has 43 heavy (non-hydrogen) atoms. The van der Waals surface area contributed by atoms with Crippen molar-refractivity contribution in [1.82, 2.24) is 14.6 Å². The number of carbonyl (C=O) groups is 3. The summed E-state index contributed by atoms with van der Waals surface area (Å²) in [6.07, 6.45) is -4.84. The summed E-state index contributed by atoms with van der Waals surface area (Å²) < 4.78 is 55.9. The molecule has 1 aliphatic rings. The second-order valence-electron chi connectivity index (χ2n) is 9.72. The molecular formula is C25H32FN4O12P. The maximum atomic E-state index is 14.0. The number of esters is 2. The number of nitrogens with two attached hydrogens (primary N) is 1. The molecule has 18 heteroatoms. The van der Waals surface area contributed by atoms with Crippen molar-refractivity contribution in [3.05, 3.63) is 63.2 Å². The quantitative estimate of drug-likeness (QED) is 0.167. The van der Waals surface area contributed by atoms with Crippen molar-refractivity contribution in [2.75, 3.05) is 6.61 Å². The van der Waals surface area contributed by atoms with Crippen molar-refractivity contribution in [2.24, 2.45) is 5.73 Å². The third kappa shape index (κ3) is 9.56. The molecule has 16 nitrogen and oxygen atoms in total. The number of carbonyl (C=O) groups excluding carboxylic acids is 2. The normalized spacial score (nSPS) is 21.0. The molecule has 0 spiro atoms. The predicted octanol–water partition coefficient (Wildman–Crippen LogP) is 0.810. The number of para-hydroxylation sites is 1. The van der Waals surface area contributed by atoms with Crippen LogP contribution in [0.4, 0.5) is 4.39 Å². The second-order valence-corrected chi connectivity index (χ2v) is 11.4. The minimum absolute atomic E-state index is 0.103. The van der Waals surface area contributed by atoms with Crippen LogP contribution in [0.25, 0.3) is 0 Å². The van der Waals surface area contributed by atoms with E-state index in [0.717, 1.165) is 0 Å². The van der Waals surface area contributed by atoms with E-state index in [1.165, 1.54) is 19.1 Å². The van der Waals surface area contributed by atoms with Gasteiger partial charge in [-0.3, -0.25) is 33.3 Å². The second kappa shape index (κ2) is 14.5. The maximum Gasteiger partial charge on any atom is 0.459 e. The van der Waals surface area contributed by atoms with Gasteiger partial charge in [0.1, 0.15) is 36.3 Å². The molecule has 3 rings (SSSR count). The van der Waals surface area contributed by atoms with Gasteiger partial charge in [0.15, 0.2) is 0 Å². The lowest BCUT2D eigenvalue weighted by Gasteiger charge is -2.26. The van der Waals surface area contributed by atoms with Gasteiger partial charge in [-0.2, -0.15) is 9.48 Å². The van der Waals surface area contributed by atoms with Crippen molar-refractivity contribution in [1.29, 1.82) is 0 Å². The lowest BCUT2D eigenvalue weighted by Crippen LogP contribution is -2.40. The highest BCUT2D eigenvalue weighted by Crippen LogP contribution is 2.46. The van der Waals surface area contributed by atoms with Crippen LogP contribution in [0, 0.1) is 5.82 Å². The summed E-state index contributed by atoms with van der Waals surface area (Å²) in [5.74, 6) is -4.45. The lowest BCUT2D eigenvalue weighted by molar-refractivity contribution is -0.157. The Bertz CT molecular complexity index is 1470. The van der Waals surface area contributed by atoms with Gasteiger partial charge in [0.2, 0.25) is 5.82 Å². The van der Waals surface area contributed by atoms with Crippen molar-refractivity contribution in [2.45, 2.75) is 70.2 Å². The van der Waals surface area contributed by atoms with E-state index in [4.69, 9.17) is 34.1 Å². The van der Waals surface area contributed by atoms with Crippen LogP contribution in [0.1, 0.15) is 39.8 Å². The molecule has 0 aliphatic carbocycles. The first kappa shape index (κ1) is 33.6. The van der Waals surface area contributed by atoms with Crippen molar-refractivity contribution in [3.63, 3.8) is 0 Å². The van der Waals surface area contributed by atoms with E-state index >= 15 is 0 Å². The number of hydrogen-bond donors (Lipinski definition) is 4. The number of nitrogens with zero attached hydrogens (tertiary/aromatic N) is 1. The molecule has 6 atom stereocenters. The number of aromatic nitrogens is 2. The fourth-order valence-corrected chi connectivity index (χ4v) is 5.34. The molecule has 1 fully saturated rings. The van der Waals surface area contributed by atoms with Crippen molar-refractivity contribution >= 4 is 25.7 Å². The Morgan fingerprint density at radius 2 is 1.88 bits per heavy atom. The van der Waals surface area contributed by atoms with Crippen molar-refractivity contribution < 1.29 is 51.7 Å². The third-order valence-corrected chi connectivity index (χ3v) is 7.46. The summed E-state index contributed by atoms with van der Waals surface area (Å²) in [6.45, 7) is 3.96. The Morgan fingerprint density at radius 1 is 1.21 bits per heavy atom. The van der Waals surface area contributed by atoms with Crippen LogP contribution in [-0.4, -0.2) is 69.6 Å². The first-order valence-corrected chi connectivity index (χ1v) is 14.5. The number of halogens is 1. The summed E-state index contributed by atoms with van der Waals surface area (Å²) in [7, 11) is -4.41. The number of benzene rings is 1. The van der Waals surface area contributed by atoms with Gasteiger partial charge in [-0.25, -0.2) is 9.36 Å². The Kier molecular flexibility index (Phi) is 11.4. The zero-order valence-electron chi connectivity index (χ0n) is 23.3. The number of aliphatic carboxylic acids is 1. The molecule has 2 heterocycles. The Labute approximate surface area is 243 Å². The van der Waals surface area contributed by atoms with Crippen LogP contribution in [0.3, 0.4) is 0 Å². The van der Waals surface area contributed by atoms with E-state index in [9.17, 15) is 32.9 Å². The molecule has 0 unspecified atom stereocenters. The molecular weight excluding hydrogens is 598 g/mol. The van der Waals surface area contributed by atoms with Crippen molar-refractivity contribution in [3.8, 4) is 5.75 Å². The predicted molar refractivity (Wildman–Crippen MR) is 144 cm³/mol. The van der Waals surface area contributed by atoms with Crippen LogP contribution in [-0.2, 0) is 37.7 Å². The topological polar surface area (TPSA) is 228 Å². The average Bonchev–Trinajstić information content (AvgIpc) is 3.31. The van der Waals surface area contributed by atoms with Gasteiger partial charge in [-0.1, -0.05) is 18.2 Å². The SMILES string of the molecule is CC(C)OC(=O)[C@H](C)N[P@](=O)(OC[C@H]1O[C@@H](n2cc(F)c(=O)[nH]c2=O)C[C@@H]1OC(=O)[C@@H](N)CC(=O)O)Oc1ccccc1. The Morgan fingerprint density at radius 3 is 2.51 bits per heavy atom. The van der Waals surface area contributed by atoms with E-state index in [-0.39, 0.29) is 12.2 Å². The van der Waals surface area contributed by atoms with Crippen LogP contribution in [0.15, 0.2) is 46.1 Å². The van der Waals surface area contributed by atoms with E-state index in [1.807, 2.05) is 0 Å². The lowest BCUT2D eigenvalue weighted by atomic mass is 10.1. The van der Waals surface area contributed by atoms with Gasteiger partial charge in [0.25, 0.3) is 5.56 Å². The number of H-pyrrole nitrogens is 1. The zero-order valence-corrected chi connectivity index (χ0v) is 24.2. The highest BCUT2D eigenvalue weighted by Gasteiger charge is 2.43. The fraction of sp³-hybridized carbons (Fsp3) is 0.480. The van der Waals surface area contributed by atoms with Crippen LogP contribution in [0.5, 0.6) is 5.75 Å². The number of carboxylic acids is 1. The van der Waals surface area contributed by atoms with Crippen LogP contribution >= 0.6 is 7.75 Å². The molecule has 0 bridgehead atoms. The average molecular weight is 631 g/mol. The summed E-state index contributed by atoms with van der Waals surface area (Å²) in [6, 6.07) is 5.07. The van der Waals surface area contributed by atoms with Crippen LogP contribution in [0.2, 0.25) is 0 Å². The first-order chi connectivity index (χ1) is 20.2. The Balaban J connectivity index is 1.87. The number of nitrogens with one attached hydrogen (secondary N) is 2. The standard InChI is InChI=1S/C25H32FN4O12P/c1-13(2)39-23(34)14(3)29-43(37,42-15-7-5-4-6-8-15)38-12-19-18(41-24(35)17(27)9-21(31)32)10-20(40-19)30-11-16(26)22(33)28-25(30)36/h4-8,11,13-14,17-20H,9-10,12,27H2,1-3H3,(H,29,37)(H,31,32)(H,28,33,36)/t14-,17-,18-,19+,20+,43-/m0/s1. The summed E-state index contributed by atoms with van der Waals surface area (Å²) >= 11 is 0. The Hall–Kier alpha value is -3.89. The van der Waals surface area contributed by atoms with E-state index in [0.29, 0.717) is 10.8 Å². The summed E-state index contributed by atoms with van der Waals surface area (Å²) in [5.41, 5.74) is 3.30. The molecule has 1 aromatic carbocycles. The number of carboxylic acid groups (broad SMARTS) is 1. The summed E-state index contributed by atoms with van der Waals surface area (Å²) in [5, 5.41) is 11.4. The maximum absolute atomic E-state index is 14.0. The van der Waals surface area contributed by atoms with Gasteiger partial charge in [0.05, 0.1) is 25.3 Å². The molecule has 0 amide bonds. The van der Waals surface area contributed by atoms with E-state index in [1.54, 1.807) is 37.0 Å². The molecule has 0 radical (unpaired) electrons. The van der Waals surface area contributed by atoms with Crippen LogP contribution < -0.4 is 26.6 Å². The number of rotatable bonds is 14. The number of ether oxygens (including phenoxy) is 3. The molecule has 1 saturated heterocycles. The van der Waals surface area contributed by atoms with Gasteiger partial charge in [-0.05, 0) is 32.9 Å². The highest BCUT2D eigenvalue weighted by atomic mass is 31.2. The number of hydrogen-bond acceptors (Lipinski definition) is 12. The van der Waals surface area contributed by atoms with Gasteiger partial charge < -0.3 is 29.6 Å². The molecule has 1 aromatic heterocycles. The minimum Gasteiger partial charge on any atom is -0.481 e. The largest absolute Gasteiger partial charge is 0.481 e. The monoisotopic (exact) mass is 630 g/mol. The van der Waals surface area contributed by atoms with Gasteiger partial charge in [-0.15, -0.1) is 0 Å². The van der Waals surface area contributed by atoms with E-state index < -0.39 is 92.4 Å². The third-order valence-electron chi connectivity index (χ3n) is 5.81. The van der Waals surface area contributed by atoms with Gasteiger partial charge in [0, 0.05) is 6.42 Å². The fourth-order valence-electron chi connectivity index (χ4n) is 3.83. The summed E-state index contributed by atoms with van der Waals surface area (Å²) in [4.78, 5) is 61.5. The van der Waals surface area contributed by atoms with E-state index in [2.05, 4.69) is 5.09 Å². The first-order valence-electron chi connectivity index (χ1n) is 13.0. The minimum atomic E-state index is -4.41. The highest BCUT2D eigenvalue weighted by molar-refractivity contribution is 7.52. The zero-order chi connectivity index (χ0) is 31.9. The van der Waals surface area contributed by atoms with Gasteiger partial charge >= 0.3 is 31.3 Å². The molecule has 0 saturated carbocycles. The molecule has 5 N–H and O–H groups in total. The molecule has 2 aromatic rings. The number of aromatic amines is 1. The molecule has 1 aliphatic heterocycles. The molecule has 236 valence electrons.